The number of benzene rings is 1. The van der Waals surface area contributed by atoms with Gasteiger partial charge in [0.2, 0.25) is 0 Å². The topological polar surface area (TPSA) is 50.2 Å². The van der Waals surface area contributed by atoms with Crippen molar-refractivity contribution >= 4 is 6.03 Å². The normalized spacial score (nSPS) is 20.5. The number of hydrogen-bond donors (Lipinski definition) is 1. The molecule has 1 aliphatic carbocycles. The van der Waals surface area contributed by atoms with E-state index in [2.05, 4.69) is 52.1 Å². The van der Waals surface area contributed by atoms with E-state index in [0.29, 0.717) is 12.0 Å². The highest BCUT2D eigenvalue weighted by Gasteiger charge is 2.29. The fourth-order valence-corrected chi connectivity index (χ4v) is 4.61. The van der Waals surface area contributed by atoms with Crippen LogP contribution in [-0.4, -0.2) is 39.6 Å². The Morgan fingerprint density at radius 1 is 1.14 bits per heavy atom. The number of rotatable bonds is 5. The van der Waals surface area contributed by atoms with Gasteiger partial charge in [0.25, 0.3) is 0 Å². The van der Waals surface area contributed by atoms with Crippen molar-refractivity contribution in [1.29, 1.82) is 0 Å². The fourth-order valence-electron chi connectivity index (χ4n) is 4.61. The van der Waals surface area contributed by atoms with Crippen LogP contribution in [0.1, 0.15) is 55.6 Å². The second kappa shape index (κ2) is 8.80. The number of nitrogens with zero attached hydrogens (tertiary/aromatic N) is 3. The van der Waals surface area contributed by atoms with Crippen molar-refractivity contribution in [3.8, 4) is 0 Å². The third-order valence-corrected chi connectivity index (χ3v) is 6.30. The van der Waals surface area contributed by atoms with Crippen LogP contribution in [-0.2, 0) is 13.0 Å². The van der Waals surface area contributed by atoms with Crippen LogP contribution in [0.25, 0.3) is 0 Å². The lowest BCUT2D eigenvalue weighted by atomic mass is 9.96. The Balaban J connectivity index is 1.33. The summed E-state index contributed by atoms with van der Waals surface area (Å²) in [6.07, 6.45) is 10.1. The Kier molecular flexibility index (Phi) is 5.98. The number of imidazole rings is 1. The molecule has 2 heterocycles. The highest BCUT2D eigenvalue weighted by molar-refractivity contribution is 5.74. The number of hydrogen-bond acceptors (Lipinski definition) is 2. The van der Waals surface area contributed by atoms with Crippen molar-refractivity contribution in [2.45, 2.75) is 64.5 Å². The van der Waals surface area contributed by atoms with Gasteiger partial charge in [0.15, 0.2) is 0 Å². The van der Waals surface area contributed by atoms with Gasteiger partial charge in [-0.05, 0) is 37.7 Å². The van der Waals surface area contributed by atoms with Gasteiger partial charge < -0.3 is 14.8 Å². The van der Waals surface area contributed by atoms with E-state index < -0.39 is 0 Å². The van der Waals surface area contributed by atoms with Crippen LogP contribution in [0.15, 0.2) is 36.5 Å². The van der Waals surface area contributed by atoms with Crippen LogP contribution in [0.4, 0.5) is 4.79 Å². The second-order valence-electron chi connectivity index (χ2n) is 8.48. The number of likely N-dealkylation sites (tertiary alicyclic amines) is 1. The maximum Gasteiger partial charge on any atom is 0.317 e. The quantitative estimate of drug-likeness (QED) is 0.847. The summed E-state index contributed by atoms with van der Waals surface area (Å²) in [7, 11) is 0. The molecule has 1 saturated heterocycles. The Hall–Kier alpha value is -2.30. The van der Waals surface area contributed by atoms with E-state index in [0.717, 1.165) is 51.1 Å². The highest BCUT2D eigenvalue weighted by Crippen LogP contribution is 2.23. The maximum atomic E-state index is 12.6. The van der Waals surface area contributed by atoms with Gasteiger partial charge in [-0.1, -0.05) is 49.6 Å². The van der Waals surface area contributed by atoms with Gasteiger partial charge in [-0.15, -0.1) is 0 Å². The summed E-state index contributed by atoms with van der Waals surface area (Å²) < 4.78 is 2.32. The monoisotopic (exact) mass is 380 g/mol. The van der Waals surface area contributed by atoms with E-state index in [-0.39, 0.29) is 6.03 Å². The predicted octanol–water partition coefficient (Wildman–Crippen LogP) is 4.15. The number of nitrogens with one attached hydrogen (secondary N) is 1. The van der Waals surface area contributed by atoms with Crippen molar-refractivity contribution in [2.24, 2.45) is 5.92 Å². The summed E-state index contributed by atoms with van der Waals surface area (Å²) >= 11 is 0. The molecule has 2 fully saturated rings. The first kappa shape index (κ1) is 19.0. The molecule has 28 heavy (non-hydrogen) atoms. The molecule has 2 amide bonds. The molecule has 5 heteroatoms. The minimum absolute atomic E-state index is 0.137. The zero-order valence-corrected chi connectivity index (χ0v) is 16.9. The Morgan fingerprint density at radius 2 is 1.93 bits per heavy atom. The summed E-state index contributed by atoms with van der Waals surface area (Å²) in [6.45, 7) is 4.69. The van der Waals surface area contributed by atoms with Crippen molar-refractivity contribution in [2.75, 3.05) is 13.1 Å². The van der Waals surface area contributed by atoms with Crippen LogP contribution in [0, 0.1) is 12.8 Å². The Labute approximate surface area is 168 Å². The van der Waals surface area contributed by atoms with Gasteiger partial charge in [-0.3, -0.25) is 0 Å². The van der Waals surface area contributed by atoms with Crippen LogP contribution in [0.3, 0.4) is 0 Å². The lowest BCUT2D eigenvalue weighted by molar-refractivity contribution is 0.198. The zero-order chi connectivity index (χ0) is 19.3. The molecular formula is C23H32N4O. The maximum absolute atomic E-state index is 12.6. The molecule has 1 aliphatic heterocycles. The van der Waals surface area contributed by atoms with E-state index in [1.807, 2.05) is 11.1 Å². The van der Waals surface area contributed by atoms with E-state index in [4.69, 9.17) is 0 Å². The highest BCUT2D eigenvalue weighted by atomic mass is 16.2. The molecule has 1 saturated carbocycles. The number of urea groups is 1. The van der Waals surface area contributed by atoms with Crippen molar-refractivity contribution < 1.29 is 4.79 Å². The molecule has 1 aromatic heterocycles. The number of carbonyl (C=O) groups is 1. The minimum atomic E-state index is 0.137. The van der Waals surface area contributed by atoms with Crippen LogP contribution >= 0.6 is 0 Å². The summed E-state index contributed by atoms with van der Waals surface area (Å²) in [5, 5.41) is 3.26. The van der Waals surface area contributed by atoms with Gasteiger partial charge in [-0.2, -0.15) is 0 Å². The lowest BCUT2D eigenvalue weighted by Crippen LogP contribution is -2.44. The average molecular weight is 381 g/mol. The predicted molar refractivity (Wildman–Crippen MR) is 111 cm³/mol. The SMILES string of the molecule is Cc1cnc(CC2CCN(C(=O)NC3CCCCC3)C2)n1Cc1ccccc1. The summed E-state index contributed by atoms with van der Waals surface area (Å²) in [5.41, 5.74) is 2.49. The first-order valence-electron chi connectivity index (χ1n) is 10.8. The molecule has 5 nitrogen and oxygen atoms in total. The van der Waals surface area contributed by atoms with Gasteiger partial charge in [0, 0.05) is 44.0 Å². The molecule has 1 atom stereocenters. The van der Waals surface area contributed by atoms with Crippen LogP contribution in [0.5, 0.6) is 0 Å². The first-order chi connectivity index (χ1) is 13.7. The lowest BCUT2D eigenvalue weighted by Gasteiger charge is -2.26. The third kappa shape index (κ3) is 4.57. The standard InChI is InChI=1S/C23H32N4O/c1-18-15-24-22(27(18)17-19-8-4-2-5-9-19)14-20-12-13-26(16-20)23(28)25-21-10-6-3-7-11-21/h2,4-5,8-9,15,20-21H,3,6-7,10-14,16-17H2,1H3,(H,25,28). The molecule has 1 unspecified atom stereocenters. The molecule has 0 spiro atoms. The summed E-state index contributed by atoms with van der Waals surface area (Å²) in [5.74, 6) is 1.63. The van der Waals surface area contributed by atoms with Crippen LogP contribution in [0.2, 0.25) is 0 Å². The van der Waals surface area contributed by atoms with Crippen molar-refractivity contribution in [1.82, 2.24) is 19.8 Å². The molecule has 4 rings (SSSR count). The molecule has 1 N–H and O–H groups in total. The summed E-state index contributed by atoms with van der Waals surface area (Å²) in [4.78, 5) is 19.3. The van der Waals surface area contributed by atoms with Gasteiger partial charge in [0.1, 0.15) is 5.82 Å². The molecule has 150 valence electrons. The number of carbonyl (C=O) groups excluding carboxylic acids is 1. The van der Waals surface area contributed by atoms with Crippen LogP contribution < -0.4 is 5.32 Å². The van der Waals surface area contributed by atoms with Gasteiger partial charge >= 0.3 is 6.03 Å². The van der Waals surface area contributed by atoms with Gasteiger partial charge in [-0.25, -0.2) is 9.78 Å². The largest absolute Gasteiger partial charge is 0.335 e. The molecule has 2 aromatic rings. The van der Waals surface area contributed by atoms with E-state index in [1.165, 1.54) is 30.5 Å². The molecule has 1 aromatic carbocycles. The molecule has 2 aliphatic rings. The Morgan fingerprint density at radius 3 is 2.71 bits per heavy atom. The molecule has 0 radical (unpaired) electrons. The number of aromatic nitrogens is 2. The number of aryl methyl sites for hydroxylation is 1. The smallest absolute Gasteiger partial charge is 0.317 e. The first-order valence-corrected chi connectivity index (χ1v) is 10.8. The Bertz CT molecular complexity index is 779. The third-order valence-electron chi connectivity index (χ3n) is 6.30. The average Bonchev–Trinajstić information content (AvgIpc) is 3.32. The van der Waals surface area contributed by atoms with Gasteiger partial charge in [0.05, 0.1) is 0 Å². The zero-order valence-electron chi connectivity index (χ0n) is 16.9. The minimum Gasteiger partial charge on any atom is -0.335 e. The second-order valence-corrected chi connectivity index (χ2v) is 8.48. The number of amides is 2. The van der Waals surface area contributed by atoms with E-state index in [9.17, 15) is 4.79 Å². The fraction of sp³-hybridized carbons (Fsp3) is 0.565. The van der Waals surface area contributed by atoms with E-state index in [1.54, 1.807) is 0 Å². The van der Waals surface area contributed by atoms with Crippen molar-refractivity contribution in [3.05, 3.63) is 53.6 Å². The van der Waals surface area contributed by atoms with E-state index >= 15 is 0 Å². The molecular weight excluding hydrogens is 348 g/mol. The molecule has 0 bridgehead atoms. The van der Waals surface area contributed by atoms with Crippen molar-refractivity contribution in [3.63, 3.8) is 0 Å². The summed E-state index contributed by atoms with van der Waals surface area (Å²) in [6, 6.07) is 11.1.